The normalized spacial score (nSPS) is 10.7. The predicted octanol–water partition coefficient (Wildman–Crippen LogP) is 4.00. The Bertz CT molecular complexity index is 1100. The van der Waals surface area contributed by atoms with Gasteiger partial charge in [0.2, 0.25) is 5.82 Å². The zero-order valence-corrected chi connectivity index (χ0v) is 15.2. The van der Waals surface area contributed by atoms with E-state index in [0.29, 0.717) is 5.69 Å². The predicted molar refractivity (Wildman–Crippen MR) is 93.7 cm³/mol. The molecular weight excluding hydrogens is 413 g/mol. The van der Waals surface area contributed by atoms with Crippen molar-refractivity contribution in [2.75, 3.05) is 11.9 Å². The van der Waals surface area contributed by atoms with Crippen LogP contribution >= 0.6 is 0 Å². The van der Waals surface area contributed by atoms with Gasteiger partial charge in [0.1, 0.15) is 11.1 Å². The fourth-order valence-corrected chi connectivity index (χ4v) is 2.57. The molecule has 11 heteroatoms. The van der Waals surface area contributed by atoms with Crippen LogP contribution in [0, 0.1) is 29.1 Å². The number of anilines is 1. The van der Waals surface area contributed by atoms with Gasteiger partial charge in [0.05, 0.1) is 18.5 Å². The number of para-hydroxylation sites is 1. The molecule has 6 nitrogen and oxygen atoms in total. The minimum Gasteiger partial charge on any atom is -0.462 e. The van der Waals surface area contributed by atoms with E-state index in [-0.39, 0.29) is 18.0 Å². The summed E-state index contributed by atoms with van der Waals surface area (Å²) in [5.74, 6) is -14.6. The molecule has 1 N–H and O–H groups in total. The maximum absolute atomic E-state index is 14.0. The Morgan fingerprint density at radius 2 is 1.53 bits per heavy atom. The molecule has 0 saturated carbocycles. The number of hydrogen-bond acceptors (Lipinski definition) is 4. The van der Waals surface area contributed by atoms with Crippen molar-refractivity contribution in [1.82, 2.24) is 9.78 Å². The Hall–Kier alpha value is -3.76. The highest BCUT2D eigenvalue weighted by Gasteiger charge is 2.31. The van der Waals surface area contributed by atoms with Gasteiger partial charge in [0.25, 0.3) is 5.91 Å². The van der Waals surface area contributed by atoms with Crippen LogP contribution < -0.4 is 5.32 Å². The fraction of sp³-hybridized carbons (Fsp3) is 0.105. The molecule has 0 saturated heterocycles. The standard InChI is InChI=1S/C19H12F5N3O3/c1-2-30-19(29)10-8-25-27(9-6-4-3-5-7-9)17(10)26-18(28)11-12(20)14(22)16(24)15(23)13(11)21/h3-8H,2H2,1H3,(H,26,28). The quantitative estimate of drug-likeness (QED) is 0.290. The molecule has 30 heavy (non-hydrogen) atoms. The summed E-state index contributed by atoms with van der Waals surface area (Å²) in [6, 6.07) is 7.96. The molecule has 2 aromatic carbocycles. The van der Waals surface area contributed by atoms with E-state index in [9.17, 15) is 31.5 Å². The summed E-state index contributed by atoms with van der Waals surface area (Å²) in [4.78, 5) is 24.6. The highest BCUT2D eigenvalue weighted by molar-refractivity contribution is 6.07. The Kier molecular flexibility index (Phi) is 5.81. The molecule has 0 aliphatic carbocycles. The molecule has 156 valence electrons. The number of halogens is 5. The minimum atomic E-state index is -2.40. The zero-order chi connectivity index (χ0) is 22.0. The van der Waals surface area contributed by atoms with E-state index in [1.54, 1.807) is 18.2 Å². The zero-order valence-electron chi connectivity index (χ0n) is 15.2. The third-order valence-electron chi connectivity index (χ3n) is 3.93. The van der Waals surface area contributed by atoms with E-state index < -0.39 is 46.5 Å². The molecule has 3 aromatic rings. The number of amides is 1. The molecule has 1 heterocycles. The van der Waals surface area contributed by atoms with Crippen LogP contribution in [0.4, 0.5) is 27.8 Å². The van der Waals surface area contributed by atoms with E-state index in [1.807, 2.05) is 5.32 Å². The van der Waals surface area contributed by atoms with Crippen molar-refractivity contribution in [2.45, 2.75) is 6.92 Å². The maximum atomic E-state index is 14.0. The van der Waals surface area contributed by atoms with Gasteiger partial charge in [0, 0.05) is 0 Å². The molecule has 0 fully saturated rings. The topological polar surface area (TPSA) is 73.2 Å². The van der Waals surface area contributed by atoms with Crippen molar-refractivity contribution >= 4 is 17.7 Å². The van der Waals surface area contributed by atoms with Crippen LogP contribution in [0.1, 0.15) is 27.6 Å². The first-order chi connectivity index (χ1) is 14.3. The molecule has 0 aliphatic rings. The average molecular weight is 425 g/mol. The van der Waals surface area contributed by atoms with Crippen molar-refractivity contribution < 1.29 is 36.3 Å². The second-order valence-electron chi connectivity index (χ2n) is 5.77. The van der Waals surface area contributed by atoms with Crippen molar-refractivity contribution in [3.63, 3.8) is 0 Å². The number of benzene rings is 2. The van der Waals surface area contributed by atoms with Crippen LogP contribution in [0.3, 0.4) is 0 Å². The Morgan fingerprint density at radius 1 is 0.967 bits per heavy atom. The van der Waals surface area contributed by atoms with Gasteiger partial charge in [0.15, 0.2) is 29.1 Å². The number of carbonyl (C=O) groups is 2. The summed E-state index contributed by atoms with van der Waals surface area (Å²) < 4.78 is 74.0. The lowest BCUT2D eigenvalue weighted by Crippen LogP contribution is -2.22. The lowest BCUT2D eigenvalue weighted by molar-refractivity contribution is 0.0527. The number of ether oxygens (including phenoxy) is 1. The highest BCUT2D eigenvalue weighted by Crippen LogP contribution is 2.26. The number of aromatic nitrogens is 2. The van der Waals surface area contributed by atoms with Crippen LogP contribution in [0.25, 0.3) is 5.69 Å². The highest BCUT2D eigenvalue weighted by atomic mass is 19.2. The van der Waals surface area contributed by atoms with Crippen LogP contribution in [-0.2, 0) is 4.74 Å². The summed E-state index contributed by atoms with van der Waals surface area (Å²) in [5, 5.41) is 5.93. The van der Waals surface area contributed by atoms with E-state index in [4.69, 9.17) is 4.74 Å². The summed E-state index contributed by atoms with van der Waals surface area (Å²) in [7, 11) is 0. The van der Waals surface area contributed by atoms with Crippen LogP contribution in [0.2, 0.25) is 0 Å². The van der Waals surface area contributed by atoms with Gasteiger partial charge in [-0.1, -0.05) is 18.2 Å². The second-order valence-corrected chi connectivity index (χ2v) is 5.77. The lowest BCUT2D eigenvalue weighted by Gasteiger charge is -2.12. The first kappa shape index (κ1) is 21.0. The number of nitrogens with zero attached hydrogens (tertiary/aromatic N) is 2. The van der Waals surface area contributed by atoms with Gasteiger partial charge in [-0.3, -0.25) is 4.79 Å². The van der Waals surface area contributed by atoms with Gasteiger partial charge in [-0.2, -0.15) is 5.10 Å². The van der Waals surface area contributed by atoms with E-state index in [0.717, 1.165) is 10.9 Å². The monoisotopic (exact) mass is 425 g/mol. The van der Waals surface area contributed by atoms with Gasteiger partial charge >= 0.3 is 5.97 Å². The Morgan fingerprint density at radius 3 is 2.10 bits per heavy atom. The first-order valence-corrected chi connectivity index (χ1v) is 8.41. The summed E-state index contributed by atoms with van der Waals surface area (Å²) in [6.45, 7) is 1.49. The Balaban J connectivity index is 2.11. The Labute approximate surface area is 165 Å². The molecule has 0 unspecified atom stereocenters. The molecule has 0 aliphatic heterocycles. The van der Waals surface area contributed by atoms with Crippen LogP contribution in [-0.4, -0.2) is 28.3 Å². The second kappa shape index (κ2) is 8.31. The summed E-state index contributed by atoms with van der Waals surface area (Å²) in [5.41, 5.74) is -1.67. The van der Waals surface area contributed by atoms with Crippen LogP contribution in [0.15, 0.2) is 36.5 Å². The van der Waals surface area contributed by atoms with Gasteiger partial charge < -0.3 is 10.1 Å². The van der Waals surface area contributed by atoms with E-state index in [2.05, 4.69) is 5.10 Å². The number of carbonyl (C=O) groups excluding carboxylic acids is 2. The summed E-state index contributed by atoms with van der Waals surface area (Å²) >= 11 is 0. The molecule has 0 atom stereocenters. The van der Waals surface area contributed by atoms with Crippen LogP contribution in [0.5, 0.6) is 0 Å². The third kappa shape index (κ3) is 3.61. The van der Waals surface area contributed by atoms with Crippen molar-refractivity contribution in [3.8, 4) is 5.69 Å². The maximum Gasteiger partial charge on any atom is 0.343 e. The molecule has 0 bridgehead atoms. The summed E-state index contributed by atoms with van der Waals surface area (Å²) in [6.07, 6.45) is 1.03. The lowest BCUT2D eigenvalue weighted by atomic mass is 10.1. The minimum absolute atomic E-state index is 0.0274. The SMILES string of the molecule is CCOC(=O)c1cnn(-c2ccccc2)c1NC(=O)c1c(F)c(F)c(F)c(F)c1F. The molecule has 0 spiro atoms. The molecule has 1 amide bonds. The van der Waals surface area contributed by atoms with E-state index >= 15 is 0 Å². The third-order valence-corrected chi connectivity index (χ3v) is 3.93. The first-order valence-electron chi connectivity index (χ1n) is 8.41. The molecular formula is C19H12F5N3O3. The number of esters is 1. The van der Waals surface area contributed by atoms with E-state index in [1.165, 1.54) is 19.1 Å². The van der Waals surface area contributed by atoms with Crippen molar-refractivity contribution in [1.29, 1.82) is 0 Å². The molecule has 1 aromatic heterocycles. The average Bonchev–Trinajstić information content (AvgIpc) is 3.15. The van der Waals surface area contributed by atoms with Crippen molar-refractivity contribution in [2.24, 2.45) is 0 Å². The fourth-order valence-electron chi connectivity index (χ4n) is 2.57. The smallest absolute Gasteiger partial charge is 0.343 e. The molecule has 0 radical (unpaired) electrons. The van der Waals surface area contributed by atoms with Gasteiger partial charge in [-0.15, -0.1) is 0 Å². The number of nitrogens with one attached hydrogen (secondary N) is 1. The van der Waals surface area contributed by atoms with Gasteiger partial charge in [-0.05, 0) is 19.1 Å². The molecule has 3 rings (SSSR count). The largest absolute Gasteiger partial charge is 0.462 e. The van der Waals surface area contributed by atoms with Crippen molar-refractivity contribution in [3.05, 3.63) is 76.7 Å². The van der Waals surface area contributed by atoms with Gasteiger partial charge in [-0.25, -0.2) is 31.4 Å². The number of rotatable bonds is 5. The number of hydrogen-bond donors (Lipinski definition) is 1.